The average molecular weight is 249 g/mol. The molecular formula is C12H19N5O. The van der Waals surface area contributed by atoms with E-state index in [2.05, 4.69) is 15.2 Å². The third kappa shape index (κ3) is 3.41. The number of hydrogen-bond donors (Lipinski definition) is 2. The Balaban J connectivity index is 1.81. The lowest BCUT2D eigenvalue weighted by atomic mass is 10.3. The number of piperazine rings is 1. The van der Waals surface area contributed by atoms with Crippen LogP contribution in [-0.2, 0) is 0 Å². The number of nitrogens with two attached hydrogens (primary N) is 1. The normalized spacial score (nSPS) is 16.6. The summed E-state index contributed by atoms with van der Waals surface area (Å²) in [4.78, 5) is 20.1. The van der Waals surface area contributed by atoms with Crippen molar-refractivity contribution < 1.29 is 4.79 Å². The van der Waals surface area contributed by atoms with Crippen LogP contribution in [0.1, 0.15) is 0 Å². The number of carbonyl (C=O) groups is 1. The van der Waals surface area contributed by atoms with Crippen molar-refractivity contribution in [2.24, 2.45) is 5.73 Å². The van der Waals surface area contributed by atoms with E-state index >= 15 is 0 Å². The van der Waals surface area contributed by atoms with Gasteiger partial charge in [-0.2, -0.15) is 0 Å². The molecule has 18 heavy (non-hydrogen) atoms. The van der Waals surface area contributed by atoms with Gasteiger partial charge in [0.25, 0.3) is 0 Å². The zero-order chi connectivity index (χ0) is 12.8. The lowest BCUT2D eigenvalue weighted by Gasteiger charge is -2.34. The van der Waals surface area contributed by atoms with E-state index in [4.69, 9.17) is 5.73 Å². The first-order valence-electron chi connectivity index (χ1n) is 6.19. The number of urea groups is 1. The standard InChI is InChI=1S/C12H19N5O/c13-4-6-16-7-9-17(10-8-16)12(18)15-11-3-1-2-5-14-11/h1-3,5H,4,6-10,13H2,(H,14,15,18). The quantitative estimate of drug-likeness (QED) is 0.802. The summed E-state index contributed by atoms with van der Waals surface area (Å²) < 4.78 is 0. The van der Waals surface area contributed by atoms with Crippen molar-refractivity contribution in [3.63, 3.8) is 0 Å². The summed E-state index contributed by atoms with van der Waals surface area (Å²) in [5.74, 6) is 0.590. The van der Waals surface area contributed by atoms with E-state index in [1.54, 1.807) is 12.3 Å². The molecule has 1 aliphatic heterocycles. The van der Waals surface area contributed by atoms with E-state index in [-0.39, 0.29) is 6.03 Å². The summed E-state index contributed by atoms with van der Waals surface area (Å²) in [6.45, 7) is 4.80. The van der Waals surface area contributed by atoms with Crippen molar-refractivity contribution in [2.75, 3.05) is 44.6 Å². The largest absolute Gasteiger partial charge is 0.329 e. The smallest absolute Gasteiger partial charge is 0.323 e. The molecule has 0 saturated carbocycles. The molecule has 2 heterocycles. The lowest BCUT2D eigenvalue weighted by molar-refractivity contribution is 0.149. The molecule has 2 rings (SSSR count). The van der Waals surface area contributed by atoms with Crippen LogP contribution in [0.3, 0.4) is 0 Å². The lowest BCUT2D eigenvalue weighted by Crippen LogP contribution is -2.50. The molecule has 1 fully saturated rings. The molecule has 0 aromatic carbocycles. The molecule has 1 aromatic heterocycles. The molecule has 2 amide bonds. The summed E-state index contributed by atoms with van der Waals surface area (Å²) in [6, 6.07) is 5.37. The number of rotatable bonds is 3. The van der Waals surface area contributed by atoms with Gasteiger partial charge in [-0.1, -0.05) is 6.07 Å². The van der Waals surface area contributed by atoms with Gasteiger partial charge in [0, 0.05) is 45.5 Å². The number of aromatic nitrogens is 1. The minimum absolute atomic E-state index is 0.0823. The molecular weight excluding hydrogens is 230 g/mol. The van der Waals surface area contributed by atoms with Gasteiger partial charge in [0.2, 0.25) is 0 Å². The number of anilines is 1. The Kier molecular flexibility index (Phi) is 4.49. The Labute approximate surface area is 107 Å². The van der Waals surface area contributed by atoms with E-state index < -0.39 is 0 Å². The third-order valence-corrected chi connectivity index (χ3v) is 3.00. The van der Waals surface area contributed by atoms with Crippen molar-refractivity contribution in [3.8, 4) is 0 Å². The Bertz CT molecular complexity index is 375. The maximum absolute atomic E-state index is 12.0. The Morgan fingerprint density at radius 2 is 2.11 bits per heavy atom. The highest BCUT2D eigenvalue weighted by molar-refractivity contribution is 5.88. The van der Waals surface area contributed by atoms with Crippen molar-refractivity contribution >= 4 is 11.8 Å². The van der Waals surface area contributed by atoms with Crippen molar-refractivity contribution in [1.29, 1.82) is 0 Å². The molecule has 6 heteroatoms. The number of amides is 2. The maximum atomic E-state index is 12.0. The predicted molar refractivity (Wildman–Crippen MR) is 70.3 cm³/mol. The minimum Gasteiger partial charge on any atom is -0.329 e. The number of hydrogen-bond acceptors (Lipinski definition) is 4. The van der Waals surface area contributed by atoms with Gasteiger partial charge in [-0.3, -0.25) is 10.2 Å². The highest BCUT2D eigenvalue weighted by atomic mass is 16.2. The second-order valence-electron chi connectivity index (χ2n) is 4.26. The molecule has 0 unspecified atom stereocenters. The summed E-state index contributed by atoms with van der Waals surface area (Å²) in [7, 11) is 0. The maximum Gasteiger partial charge on any atom is 0.323 e. The molecule has 1 aromatic rings. The van der Waals surface area contributed by atoms with Crippen LogP contribution in [0.5, 0.6) is 0 Å². The number of nitrogens with zero attached hydrogens (tertiary/aromatic N) is 3. The summed E-state index contributed by atoms with van der Waals surface area (Å²) >= 11 is 0. The molecule has 0 radical (unpaired) electrons. The second kappa shape index (κ2) is 6.32. The van der Waals surface area contributed by atoms with Gasteiger partial charge in [-0.05, 0) is 12.1 Å². The molecule has 1 aliphatic rings. The van der Waals surface area contributed by atoms with Gasteiger partial charge in [0.05, 0.1) is 0 Å². The van der Waals surface area contributed by atoms with Gasteiger partial charge < -0.3 is 10.6 Å². The highest BCUT2D eigenvalue weighted by Gasteiger charge is 2.20. The van der Waals surface area contributed by atoms with Gasteiger partial charge in [0.1, 0.15) is 5.82 Å². The summed E-state index contributed by atoms with van der Waals surface area (Å²) in [5, 5.41) is 2.79. The van der Waals surface area contributed by atoms with E-state index in [0.717, 1.165) is 32.7 Å². The Morgan fingerprint density at radius 3 is 2.72 bits per heavy atom. The van der Waals surface area contributed by atoms with Crippen LogP contribution >= 0.6 is 0 Å². The summed E-state index contributed by atoms with van der Waals surface area (Å²) in [5.41, 5.74) is 5.51. The number of nitrogens with one attached hydrogen (secondary N) is 1. The van der Waals surface area contributed by atoms with E-state index in [1.165, 1.54) is 0 Å². The number of carbonyl (C=O) groups excluding carboxylic acids is 1. The Morgan fingerprint density at radius 1 is 1.33 bits per heavy atom. The first kappa shape index (κ1) is 12.8. The van der Waals surface area contributed by atoms with Crippen LogP contribution in [0.15, 0.2) is 24.4 Å². The van der Waals surface area contributed by atoms with Crippen molar-refractivity contribution in [2.45, 2.75) is 0 Å². The molecule has 98 valence electrons. The molecule has 6 nitrogen and oxygen atoms in total. The van der Waals surface area contributed by atoms with Crippen LogP contribution in [-0.4, -0.2) is 60.1 Å². The minimum atomic E-state index is -0.0823. The van der Waals surface area contributed by atoms with Crippen molar-refractivity contribution in [3.05, 3.63) is 24.4 Å². The molecule has 0 bridgehead atoms. The van der Waals surface area contributed by atoms with Crippen LogP contribution in [0, 0.1) is 0 Å². The highest BCUT2D eigenvalue weighted by Crippen LogP contribution is 2.05. The van der Waals surface area contributed by atoms with Crippen LogP contribution in [0.2, 0.25) is 0 Å². The molecule has 0 atom stereocenters. The van der Waals surface area contributed by atoms with Crippen LogP contribution in [0.4, 0.5) is 10.6 Å². The molecule has 3 N–H and O–H groups in total. The first-order valence-corrected chi connectivity index (χ1v) is 6.19. The SMILES string of the molecule is NCCN1CCN(C(=O)Nc2ccccn2)CC1. The molecule has 0 aliphatic carbocycles. The number of pyridine rings is 1. The Hall–Kier alpha value is -1.66. The zero-order valence-corrected chi connectivity index (χ0v) is 10.4. The summed E-state index contributed by atoms with van der Waals surface area (Å²) in [6.07, 6.45) is 1.66. The first-order chi connectivity index (χ1) is 8.79. The van der Waals surface area contributed by atoms with E-state index in [0.29, 0.717) is 12.4 Å². The average Bonchev–Trinajstić information content (AvgIpc) is 2.41. The monoisotopic (exact) mass is 249 g/mol. The third-order valence-electron chi connectivity index (χ3n) is 3.00. The van der Waals surface area contributed by atoms with E-state index in [9.17, 15) is 4.79 Å². The molecule has 0 spiro atoms. The fourth-order valence-corrected chi connectivity index (χ4v) is 1.98. The zero-order valence-electron chi connectivity index (χ0n) is 10.4. The predicted octanol–water partition coefficient (Wildman–Crippen LogP) is 0.190. The fourth-order valence-electron chi connectivity index (χ4n) is 1.98. The van der Waals surface area contributed by atoms with Crippen LogP contribution < -0.4 is 11.1 Å². The van der Waals surface area contributed by atoms with Gasteiger partial charge in [0.15, 0.2) is 0 Å². The van der Waals surface area contributed by atoms with Crippen molar-refractivity contribution in [1.82, 2.24) is 14.8 Å². The van der Waals surface area contributed by atoms with Crippen LogP contribution in [0.25, 0.3) is 0 Å². The van der Waals surface area contributed by atoms with E-state index in [1.807, 2.05) is 17.0 Å². The van der Waals surface area contributed by atoms with Gasteiger partial charge in [-0.15, -0.1) is 0 Å². The topological polar surface area (TPSA) is 74.5 Å². The van der Waals surface area contributed by atoms with Gasteiger partial charge in [-0.25, -0.2) is 9.78 Å². The molecule has 1 saturated heterocycles. The fraction of sp³-hybridized carbons (Fsp3) is 0.500. The van der Waals surface area contributed by atoms with Gasteiger partial charge >= 0.3 is 6.03 Å². The second-order valence-corrected chi connectivity index (χ2v) is 4.26.